The second-order valence-electron chi connectivity index (χ2n) is 37.5. The predicted molar refractivity (Wildman–Crippen MR) is 378 cm³/mol. The lowest BCUT2D eigenvalue weighted by molar-refractivity contribution is -0.203. The molecule has 12 fully saturated rings. The van der Waals surface area contributed by atoms with Crippen LogP contribution in [0.25, 0.3) is 0 Å². The first-order chi connectivity index (χ1) is 45.9. The van der Waals surface area contributed by atoms with Gasteiger partial charge in [-0.2, -0.15) is 11.8 Å². The van der Waals surface area contributed by atoms with Crippen molar-refractivity contribution in [2.24, 2.45) is 139 Å². The van der Waals surface area contributed by atoms with Crippen molar-refractivity contribution in [3.05, 3.63) is 0 Å². The van der Waals surface area contributed by atoms with E-state index >= 15 is 0 Å². The van der Waals surface area contributed by atoms with Gasteiger partial charge in [0.05, 0.1) is 43.7 Å². The molecule has 0 spiro atoms. The number of rotatable bonds is 20. The average molecular weight is 1370 g/mol. The van der Waals surface area contributed by atoms with E-state index in [4.69, 9.17) is 4.74 Å². The fourth-order valence-corrected chi connectivity index (χ4v) is 28.8. The number of aliphatic hydroxyl groups is 6. The van der Waals surface area contributed by atoms with Crippen LogP contribution in [0.2, 0.25) is 0 Å². The number of hydrogen-bond donors (Lipinski definition) is 10. The van der Waals surface area contributed by atoms with Crippen LogP contribution < -0.4 is 21.3 Å². The summed E-state index contributed by atoms with van der Waals surface area (Å²) in [4.78, 5) is 66.5. The molecule has 0 aromatic heterocycles. The third-order valence-corrected chi connectivity index (χ3v) is 34.4. The second kappa shape index (κ2) is 28.5. The maximum Gasteiger partial charge on any atom is 0.305 e. The molecule has 550 valence electrons. The Kier molecular flexibility index (Phi) is 21.8. The zero-order valence-corrected chi connectivity index (χ0v) is 62.5. The molecule has 12 rings (SSSR count). The van der Waals surface area contributed by atoms with E-state index in [0.29, 0.717) is 63.7 Å². The highest BCUT2D eigenvalue weighted by Crippen LogP contribution is 2.72. The SMILES string of the molecule is COC(=O)CC[C@@H](C)[C@H]1CC[C@H]2[C@@H]3[C@H](O)C[C@@H]4C[C@H](NC(=O)CC[C@@H](C)[C@H]5CC[C@H]6[C@@H]7[C@H](O)C[C@@H]8C[C@H](NC(=O)[C@@H](CCSC)NC(=O)CC[C@@H](C)[C@H]9CC[C@H]%10[C@@H]%11[C@H](O)C[C@@H]%12C[C@H](NC(C)=O)CC[C@]%12(C)[C@H]%11C[C@H](O)[C@]9%10C)CC[C@]8(C)[C@H]7C[C@H](O)[C@]56C)CC[C@]4(C)[C@H]3C[C@H](O)[C@]12C. The molecule has 16 nitrogen and oxygen atoms in total. The van der Waals surface area contributed by atoms with Crippen molar-refractivity contribution in [3.8, 4) is 0 Å². The molecule has 0 bridgehead atoms. The van der Waals surface area contributed by atoms with Crippen LogP contribution in [0.3, 0.4) is 0 Å². The Morgan fingerprint density at radius 1 is 0.454 bits per heavy atom. The molecule has 0 aliphatic heterocycles. The Hall–Kier alpha value is -2.54. The summed E-state index contributed by atoms with van der Waals surface area (Å²) in [6.45, 7) is 22.4. The van der Waals surface area contributed by atoms with E-state index in [9.17, 15) is 54.6 Å². The molecule has 0 heterocycles. The summed E-state index contributed by atoms with van der Waals surface area (Å²) in [5.41, 5.74) is -1.15. The lowest BCUT2D eigenvalue weighted by atomic mass is 9.43. The number of methoxy groups -OCH3 is 1. The summed E-state index contributed by atoms with van der Waals surface area (Å²) >= 11 is 1.66. The number of aliphatic hydroxyl groups excluding tert-OH is 6. The van der Waals surface area contributed by atoms with Crippen LogP contribution in [-0.2, 0) is 28.7 Å². The predicted octanol–water partition coefficient (Wildman–Crippen LogP) is 10.9. The van der Waals surface area contributed by atoms with Gasteiger partial charge in [0, 0.05) is 44.3 Å². The van der Waals surface area contributed by atoms with Crippen LogP contribution in [0, 0.1) is 139 Å². The first-order valence-corrected chi connectivity index (χ1v) is 41.1. The summed E-state index contributed by atoms with van der Waals surface area (Å²) in [7, 11) is 1.44. The lowest BCUT2D eigenvalue weighted by Gasteiger charge is -2.63. The van der Waals surface area contributed by atoms with Crippen molar-refractivity contribution >= 4 is 41.4 Å². The smallest absolute Gasteiger partial charge is 0.305 e. The van der Waals surface area contributed by atoms with Crippen LogP contribution in [0.4, 0.5) is 0 Å². The quantitative estimate of drug-likeness (QED) is 0.0509. The molecule has 97 heavy (non-hydrogen) atoms. The van der Waals surface area contributed by atoms with Gasteiger partial charge in [0.15, 0.2) is 0 Å². The molecule has 0 radical (unpaired) electrons. The van der Waals surface area contributed by atoms with Gasteiger partial charge in [-0.3, -0.25) is 24.0 Å². The zero-order valence-electron chi connectivity index (χ0n) is 61.7. The highest BCUT2D eigenvalue weighted by Gasteiger charge is 2.70. The summed E-state index contributed by atoms with van der Waals surface area (Å²) in [6, 6.07) is -0.557. The second-order valence-corrected chi connectivity index (χ2v) is 38.5. The van der Waals surface area contributed by atoms with E-state index in [1.165, 1.54) is 7.11 Å². The number of nitrogens with one attached hydrogen (secondary N) is 4. The van der Waals surface area contributed by atoms with Gasteiger partial charge in [-0.1, -0.05) is 62.3 Å². The molecule has 0 saturated heterocycles. The molecule has 12 aliphatic carbocycles. The van der Waals surface area contributed by atoms with Crippen LogP contribution >= 0.6 is 11.8 Å². The summed E-state index contributed by atoms with van der Waals surface area (Å²) < 4.78 is 4.96. The molecule has 0 aromatic rings. The number of fused-ring (bicyclic) bond motifs is 15. The van der Waals surface area contributed by atoms with Crippen LogP contribution in [0.15, 0.2) is 0 Å². The zero-order chi connectivity index (χ0) is 69.8. The van der Waals surface area contributed by atoms with Crippen molar-refractivity contribution in [1.82, 2.24) is 21.3 Å². The molecule has 12 aliphatic rings. The molecule has 12 saturated carbocycles. The van der Waals surface area contributed by atoms with Crippen LogP contribution in [0.1, 0.15) is 249 Å². The molecule has 34 atom stereocenters. The summed E-state index contributed by atoms with van der Waals surface area (Å²) in [5.74, 6) is 4.02. The number of carbonyl (C=O) groups is 5. The maximum absolute atomic E-state index is 14.4. The van der Waals surface area contributed by atoms with Crippen LogP contribution in [-0.4, -0.2) is 140 Å². The van der Waals surface area contributed by atoms with Gasteiger partial charge in [0.1, 0.15) is 6.04 Å². The Labute approximate surface area is 587 Å². The number of carbonyl (C=O) groups excluding carboxylic acids is 5. The van der Waals surface area contributed by atoms with Crippen molar-refractivity contribution < 1.29 is 59.3 Å². The average Bonchev–Trinajstić information content (AvgIpc) is 1.70. The number of esters is 1. The Balaban J connectivity index is 0.603. The van der Waals surface area contributed by atoms with E-state index in [0.717, 1.165) is 128 Å². The number of thioether (sulfide) groups is 1. The normalized spacial score (nSPS) is 49.1. The maximum atomic E-state index is 14.4. The third kappa shape index (κ3) is 13.0. The Morgan fingerprint density at radius 2 is 0.814 bits per heavy atom. The van der Waals surface area contributed by atoms with Crippen LogP contribution in [0.5, 0.6) is 0 Å². The van der Waals surface area contributed by atoms with Crippen molar-refractivity contribution in [2.45, 2.75) is 310 Å². The van der Waals surface area contributed by atoms with E-state index < -0.39 is 42.7 Å². The fraction of sp³-hybridized carbons (Fsp3) is 0.938. The molecule has 10 N–H and O–H groups in total. The minimum Gasteiger partial charge on any atom is -0.469 e. The molecule has 4 amide bonds. The third-order valence-electron chi connectivity index (χ3n) is 33.7. The highest BCUT2D eigenvalue weighted by atomic mass is 32.2. The molecular weight excluding hydrogens is 1240 g/mol. The topological polar surface area (TPSA) is 264 Å². The molecular formula is C80H132N4O12S. The van der Waals surface area contributed by atoms with E-state index in [1.807, 2.05) is 6.26 Å². The number of hydrogen-bond acceptors (Lipinski definition) is 13. The standard InChI is InChI=1S/C80H132N4O12S/c1-42(13-22-68(92)82-50-26-30-76(6)47(34-50)37-63(87)73-57-21-18-54(44(3)15-24-70(94)96-11)80(57,10)67(91)40-59(73)76)52-16-19-56-72-60(41-66(90)78(52,56)8)77(7)31-27-51(35-48(77)38-64(72)88)83-74(95)61(28-32-97-12)84-69(93)23-14-43(2)53-17-20-55-71-58(39-65(89)79(53,55)9)75(5)29-25-49(81-45(4)85)33-46(75)36-62(71)86/h42-44,46-67,71-73,86-91H,13-41H2,1-12H3,(H,81,85)(H,82,92)(H,83,95)(H,84,93)/t42-,43-,44-,46+,47+,48+,49-,50-,51-,52-,53-,54-,55+,56+,57+,58+,59+,60+,61-,62-,63-,64-,65+,66+,67+,71+,72+,73+,75+,76+,77+,78-,79-,80-/m1/s1. The number of ether oxygens (including phenoxy) is 1. The van der Waals surface area contributed by atoms with E-state index in [1.54, 1.807) is 18.7 Å². The van der Waals surface area contributed by atoms with Gasteiger partial charge in [-0.05, 0) is 312 Å². The first-order valence-electron chi connectivity index (χ1n) is 39.7. The Bertz CT molecular complexity index is 2850. The highest BCUT2D eigenvalue weighted by molar-refractivity contribution is 7.98. The van der Waals surface area contributed by atoms with Gasteiger partial charge in [-0.15, -0.1) is 0 Å². The van der Waals surface area contributed by atoms with E-state index in [-0.39, 0.29) is 181 Å². The Morgan fingerprint density at radius 3 is 1.19 bits per heavy atom. The van der Waals surface area contributed by atoms with Gasteiger partial charge < -0.3 is 56.6 Å². The first kappa shape index (κ1) is 74.2. The minimum atomic E-state index is -0.662. The number of amides is 4. The van der Waals surface area contributed by atoms with Gasteiger partial charge in [0.25, 0.3) is 0 Å². The van der Waals surface area contributed by atoms with Gasteiger partial charge in [-0.25, -0.2) is 0 Å². The molecule has 0 aromatic carbocycles. The van der Waals surface area contributed by atoms with E-state index in [2.05, 4.69) is 83.6 Å². The largest absolute Gasteiger partial charge is 0.469 e. The van der Waals surface area contributed by atoms with Crippen molar-refractivity contribution in [1.29, 1.82) is 0 Å². The minimum absolute atomic E-state index is 0.000182. The molecule has 0 unspecified atom stereocenters. The summed E-state index contributed by atoms with van der Waals surface area (Å²) in [5, 5.41) is 86.8. The lowest BCUT2D eigenvalue weighted by Crippen LogP contribution is -2.63. The molecule has 17 heteroatoms. The summed E-state index contributed by atoms with van der Waals surface area (Å²) in [6.07, 6.45) is 20.9. The monoisotopic (exact) mass is 1370 g/mol. The fourth-order valence-electron chi connectivity index (χ4n) is 28.3. The van der Waals surface area contributed by atoms with Gasteiger partial charge in [0.2, 0.25) is 23.6 Å². The van der Waals surface area contributed by atoms with Crippen molar-refractivity contribution in [2.75, 3.05) is 19.1 Å². The van der Waals surface area contributed by atoms with Crippen molar-refractivity contribution in [3.63, 3.8) is 0 Å². The van der Waals surface area contributed by atoms with Gasteiger partial charge >= 0.3 is 5.97 Å².